The number of hydrogen-bond donors (Lipinski definition) is 3. The lowest BCUT2D eigenvalue weighted by atomic mass is 10.1. The lowest BCUT2D eigenvalue weighted by Crippen LogP contribution is -2.21. The van der Waals surface area contributed by atoms with Crippen LogP contribution in [-0.2, 0) is 16.0 Å². The van der Waals surface area contributed by atoms with Crippen molar-refractivity contribution in [3.8, 4) is 5.75 Å². The Kier molecular flexibility index (Phi) is 11.8. The number of unbranched alkanes of at least 4 members (excludes halogenated alkanes) is 1. The predicted octanol–water partition coefficient (Wildman–Crippen LogP) is 3.11. The summed E-state index contributed by atoms with van der Waals surface area (Å²) in [6.45, 7) is 4.20. The van der Waals surface area contributed by atoms with Crippen LogP contribution in [0.2, 0.25) is 0 Å². The first kappa shape index (κ1) is 23.7. The van der Waals surface area contributed by atoms with Crippen LogP contribution in [0, 0.1) is 0 Å². The fourth-order valence-corrected chi connectivity index (χ4v) is 1.68. The van der Waals surface area contributed by atoms with Crippen LogP contribution in [0.1, 0.15) is 31.7 Å². The number of aliphatic carboxylic acids is 2. The molecule has 1 aromatic carbocycles. The third kappa shape index (κ3) is 13.1. The summed E-state index contributed by atoms with van der Waals surface area (Å²) in [4.78, 5) is 19.2. The van der Waals surface area contributed by atoms with Gasteiger partial charge >= 0.3 is 18.1 Å². The summed E-state index contributed by atoms with van der Waals surface area (Å²) < 4.78 is 37.4. The smallest absolute Gasteiger partial charge is 0.490 e. The molecule has 0 amide bonds. The third-order valence-corrected chi connectivity index (χ3v) is 3.01. The van der Waals surface area contributed by atoms with Crippen molar-refractivity contribution in [2.45, 2.75) is 38.8 Å². The van der Waals surface area contributed by atoms with Crippen LogP contribution in [0.4, 0.5) is 13.2 Å². The van der Waals surface area contributed by atoms with Gasteiger partial charge in [-0.05, 0) is 37.1 Å². The van der Waals surface area contributed by atoms with Crippen LogP contribution in [0.15, 0.2) is 24.3 Å². The first-order chi connectivity index (χ1) is 12.2. The summed E-state index contributed by atoms with van der Waals surface area (Å²) in [5.41, 5.74) is 1.21. The molecule has 148 valence electrons. The molecule has 0 unspecified atom stereocenters. The van der Waals surface area contributed by atoms with Crippen molar-refractivity contribution in [3.63, 3.8) is 0 Å². The SMILES string of the molecule is CCCCOc1cccc(CCNCCC(=O)O)c1.O=C(O)C(F)(F)F. The van der Waals surface area contributed by atoms with Gasteiger partial charge in [-0.15, -0.1) is 0 Å². The minimum Gasteiger partial charge on any atom is -0.494 e. The maximum Gasteiger partial charge on any atom is 0.490 e. The minimum absolute atomic E-state index is 0.167. The Morgan fingerprint density at radius 1 is 1.19 bits per heavy atom. The highest BCUT2D eigenvalue weighted by Gasteiger charge is 2.38. The summed E-state index contributed by atoms with van der Waals surface area (Å²) in [6, 6.07) is 8.07. The van der Waals surface area contributed by atoms with Crippen LogP contribution < -0.4 is 10.1 Å². The Morgan fingerprint density at radius 2 is 1.85 bits per heavy atom. The van der Waals surface area contributed by atoms with Crippen molar-refractivity contribution >= 4 is 11.9 Å². The molecule has 0 atom stereocenters. The molecule has 9 heteroatoms. The molecule has 0 aliphatic rings. The Balaban J connectivity index is 0.000000758. The van der Waals surface area contributed by atoms with E-state index in [-0.39, 0.29) is 6.42 Å². The van der Waals surface area contributed by atoms with Gasteiger partial charge in [0.2, 0.25) is 0 Å². The fourth-order valence-electron chi connectivity index (χ4n) is 1.68. The average Bonchev–Trinajstić information content (AvgIpc) is 2.54. The number of carboxylic acid groups (broad SMARTS) is 2. The molecule has 26 heavy (non-hydrogen) atoms. The van der Waals surface area contributed by atoms with E-state index in [1.165, 1.54) is 5.56 Å². The molecule has 0 saturated carbocycles. The molecule has 3 N–H and O–H groups in total. The van der Waals surface area contributed by atoms with Crippen molar-refractivity contribution in [3.05, 3.63) is 29.8 Å². The van der Waals surface area contributed by atoms with E-state index in [0.717, 1.165) is 38.2 Å². The molecule has 0 heterocycles. The second-order valence-electron chi connectivity index (χ2n) is 5.30. The zero-order valence-electron chi connectivity index (χ0n) is 14.5. The van der Waals surface area contributed by atoms with Crippen LogP contribution >= 0.6 is 0 Å². The van der Waals surface area contributed by atoms with Crippen molar-refractivity contribution in [2.24, 2.45) is 0 Å². The number of rotatable bonds is 10. The predicted molar refractivity (Wildman–Crippen MR) is 89.4 cm³/mol. The molecule has 0 spiro atoms. The highest BCUT2D eigenvalue weighted by Crippen LogP contribution is 2.14. The Bertz CT molecular complexity index is 549. The summed E-state index contributed by atoms with van der Waals surface area (Å²) in [5.74, 6) is -2.61. The number of benzene rings is 1. The lowest BCUT2D eigenvalue weighted by Gasteiger charge is -2.08. The van der Waals surface area contributed by atoms with Crippen LogP contribution in [0.25, 0.3) is 0 Å². The molecule has 0 aliphatic heterocycles. The van der Waals surface area contributed by atoms with Gasteiger partial charge in [-0.2, -0.15) is 13.2 Å². The van der Waals surface area contributed by atoms with E-state index in [2.05, 4.69) is 24.4 Å². The minimum atomic E-state index is -5.08. The number of carboxylic acids is 2. The van der Waals surface area contributed by atoms with Crippen molar-refractivity contribution in [2.75, 3.05) is 19.7 Å². The summed E-state index contributed by atoms with van der Waals surface area (Å²) in [5, 5.41) is 18.8. The average molecular weight is 379 g/mol. The number of carbonyl (C=O) groups is 2. The van der Waals surface area contributed by atoms with Crippen LogP contribution in [0.5, 0.6) is 5.75 Å². The highest BCUT2D eigenvalue weighted by atomic mass is 19.4. The van der Waals surface area contributed by atoms with E-state index in [0.29, 0.717) is 6.54 Å². The molecule has 1 rings (SSSR count). The summed E-state index contributed by atoms with van der Waals surface area (Å²) >= 11 is 0. The number of hydrogen-bond acceptors (Lipinski definition) is 4. The highest BCUT2D eigenvalue weighted by molar-refractivity contribution is 5.73. The molecule has 0 radical (unpaired) electrons. The maximum absolute atomic E-state index is 10.6. The van der Waals surface area contributed by atoms with Crippen molar-refractivity contribution in [1.82, 2.24) is 5.32 Å². The van der Waals surface area contributed by atoms with Gasteiger partial charge in [-0.25, -0.2) is 4.79 Å². The van der Waals surface area contributed by atoms with Gasteiger partial charge in [0.25, 0.3) is 0 Å². The molecular formula is C17H24F3NO5. The summed E-state index contributed by atoms with van der Waals surface area (Å²) in [7, 11) is 0. The topological polar surface area (TPSA) is 95.9 Å². The molecule has 0 aromatic heterocycles. The van der Waals surface area contributed by atoms with E-state index >= 15 is 0 Å². The molecule has 0 aliphatic carbocycles. The largest absolute Gasteiger partial charge is 0.494 e. The summed E-state index contributed by atoms with van der Waals surface area (Å²) in [6.07, 6.45) is -1.83. The second-order valence-corrected chi connectivity index (χ2v) is 5.30. The van der Waals surface area contributed by atoms with Gasteiger partial charge < -0.3 is 20.3 Å². The quantitative estimate of drug-likeness (QED) is 0.541. The van der Waals surface area contributed by atoms with E-state index in [9.17, 15) is 18.0 Å². The number of nitrogens with one attached hydrogen (secondary N) is 1. The van der Waals surface area contributed by atoms with Gasteiger partial charge in [0.15, 0.2) is 0 Å². The lowest BCUT2D eigenvalue weighted by molar-refractivity contribution is -0.192. The van der Waals surface area contributed by atoms with Crippen LogP contribution in [0.3, 0.4) is 0 Å². The molecule has 0 bridgehead atoms. The number of halogens is 3. The van der Waals surface area contributed by atoms with Gasteiger partial charge in [0.05, 0.1) is 13.0 Å². The Labute approximate surface area is 150 Å². The van der Waals surface area contributed by atoms with E-state index in [1.807, 2.05) is 12.1 Å². The zero-order valence-corrected chi connectivity index (χ0v) is 14.5. The first-order valence-electron chi connectivity index (χ1n) is 8.11. The van der Waals surface area contributed by atoms with Crippen molar-refractivity contribution < 1.29 is 37.7 Å². The van der Waals surface area contributed by atoms with E-state index in [1.54, 1.807) is 0 Å². The normalized spacial score (nSPS) is 10.6. The standard InChI is InChI=1S/C15H23NO3.C2HF3O2/c1-2-3-11-19-14-6-4-5-13(12-14)7-9-16-10-8-15(17)18;3-2(4,5)1(6)7/h4-6,12,16H,2-3,7-11H2,1H3,(H,17,18);(H,6,7). The molecule has 0 saturated heterocycles. The zero-order chi connectivity index (χ0) is 20.0. The van der Waals surface area contributed by atoms with Crippen LogP contribution in [-0.4, -0.2) is 48.0 Å². The van der Waals surface area contributed by atoms with Gasteiger partial charge in [0.1, 0.15) is 5.75 Å². The number of alkyl halides is 3. The van der Waals surface area contributed by atoms with Gasteiger partial charge in [0, 0.05) is 6.54 Å². The second kappa shape index (κ2) is 13.0. The first-order valence-corrected chi connectivity index (χ1v) is 8.11. The third-order valence-electron chi connectivity index (χ3n) is 3.01. The number of ether oxygens (including phenoxy) is 1. The van der Waals surface area contributed by atoms with E-state index < -0.39 is 18.1 Å². The Hall–Kier alpha value is -2.29. The Morgan fingerprint density at radius 3 is 2.38 bits per heavy atom. The molecular weight excluding hydrogens is 355 g/mol. The monoisotopic (exact) mass is 379 g/mol. The fraction of sp³-hybridized carbons (Fsp3) is 0.529. The molecule has 0 fully saturated rings. The molecule has 1 aromatic rings. The molecule has 6 nitrogen and oxygen atoms in total. The van der Waals surface area contributed by atoms with Crippen molar-refractivity contribution in [1.29, 1.82) is 0 Å². The maximum atomic E-state index is 10.6. The van der Waals surface area contributed by atoms with Gasteiger partial charge in [-0.3, -0.25) is 4.79 Å². The van der Waals surface area contributed by atoms with Gasteiger partial charge in [-0.1, -0.05) is 25.5 Å². The van der Waals surface area contributed by atoms with E-state index in [4.69, 9.17) is 19.7 Å².